The topological polar surface area (TPSA) is 41.5 Å². The van der Waals surface area contributed by atoms with Crippen LogP contribution in [0.3, 0.4) is 0 Å². The van der Waals surface area contributed by atoms with Gasteiger partial charge in [-0.25, -0.2) is 0 Å². The number of benzene rings is 1. The van der Waals surface area contributed by atoms with Crippen LogP contribution in [-0.4, -0.2) is 30.0 Å². The summed E-state index contributed by atoms with van der Waals surface area (Å²) in [4.78, 5) is 0. The first-order valence-electron chi connectivity index (χ1n) is 7.25. The summed E-state index contributed by atoms with van der Waals surface area (Å²) in [6.45, 7) is 13.4. The minimum absolute atomic E-state index is 0.0798. The number of aliphatic hydroxyl groups is 1. The predicted molar refractivity (Wildman–Crippen MR) is 85.3 cm³/mol. The van der Waals surface area contributed by atoms with E-state index in [0.29, 0.717) is 13.2 Å². The molecule has 0 aliphatic heterocycles. The fourth-order valence-electron chi connectivity index (χ4n) is 1.92. The molecule has 2 N–H and O–H groups in total. The van der Waals surface area contributed by atoms with Crippen LogP contribution in [0.5, 0.6) is 0 Å². The van der Waals surface area contributed by atoms with E-state index < -0.39 is 6.10 Å². The van der Waals surface area contributed by atoms with E-state index >= 15 is 0 Å². The number of para-hydroxylation sites is 1. The summed E-state index contributed by atoms with van der Waals surface area (Å²) in [5, 5.41) is 13.3. The average molecular weight is 279 g/mol. The maximum Gasteiger partial charge on any atom is 0.0945 e. The molecule has 1 unspecified atom stereocenters. The molecule has 1 aromatic rings. The quantitative estimate of drug-likeness (QED) is 0.865. The van der Waals surface area contributed by atoms with Gasteiger partial charge in [0.25, 0.3) is 0 Å². The number of hydrogen-bond donors (Lipinski definition) is 2. The third-order valence-electron chi connectivity index (χ3n) is 2.97. The molecule has 0 saturated heterocycles. The molecule has 1 rings (SSSR count). The Balaban J connectivity index is 2.58. The molecule has 0 bridgehead atoms. The maximum absolute atomic E-state index is 9.98. The summed E-state index contributed by atoms with van der Waals surface area (Å²) < 4.78 is 5.59. The number of anilines is 1. The average Bonchev–Trinajstić information content (AvgIpc) is 2.32. The van der Waals surface area contributed by atoms with Crippen LogP contribution in [0.1, 0.15) is 47.1 Å². The first kappa shape index (κ1) is 17.0. The van der Waals surface area contributed by atoms with E-state index in [0.717, 1.165) is 5.69 Å². The van der Waals surface area contributed by atoms with Gasteiger partial charge in [-0.3, -0.25) is 0 Å². The molecular weight excluding hydrogens is 250 g/mol. The van der Waals surface area contributed by atoms with Crippen LogP contribution in [-0.2, 0) is 10.2 Å². The Morgan fingerprint density at radius 3 is 2.25 bits per heavy atom. The smallest absolute Gasteiger partial charge is 0.0945 e. The molecule has 3 heteroatoms. The minimum Gasteiger partial charge on any atom is -0.389 e. The zero-order valence-electron chi connectivity index (χ0n) is 13.7. The molecule has 0 spiro atoms. The van der Waals surface area contributed by atoms with Crippen molar-refractivity contribution in [3.05, 3.63) is 29.8 Å². The Kier molecular flexibility index (Phi) is 5.60. The Hall–Kier alpha value is -1.06. The van der Waals surface area contributed by atoms with E-state index in [9.17, 15) is 5.11 Å². The lowest BCUT2D eigenvalue weighted by Crippen LogP contribution is -2.31. The van der Waals surface area contributed by atoms with Crippen molar-refractivity contribution in [2.24, 2.45) is 0 Å². The van der Waals surface area contributed by atoms with Crippen molar-refractivity contribution in [2.45, 2.75) is 58.7 Å². The van der Waals surface area contributed by atoms with E-state index in [1.807, 2.05) is 32.9 Å². The molecule has 0 fully saturated rings. The van der Waals surface area contributed by atoms with Gasteiger partial charge in [0.15, 0.2) is 0 Å². The molecule has 3 nitrogen and oxygen atoms in total. The normalized spacial score (nSPS) is 14.2. The lowest BCUT2D eigenvalue weighted by molar-refractivity contribution is -0.0449. The summed E-state index contributed by atoms with van der Waals surface area (Å²) in [6, 6.07) is 8.23. The van der Waals surface area contributed by atoms with Gasteiger partial charge in [0.05, 0.1) is 18.3 Å². The Morgan fingerprint density at radius 1 is 1.10 bits per heavy atom. The second kappa shape index (κ2) is 6.59. The fourth-order valence-corrected chi connectivity index (χ4v) is 1.92. The van der Waals surface area contributed by atoms with Gasteiger partial charge in [-0.05, 0) is 37.8 Å². The molecule has 114 valence electrons. The second-order valence-corrected chi connectivity index (χ2v) is 7.25. The predicted octanol–water partition coefficient (Wildman–Crippen LogP) is 3.57. The highest BCUT2D eigenvalue weighted by Gasteiger charge is 2.18. The van der Waals surface area contributed by atoms with Crippen LogP contribution < -0.4 is 5.32 Å². The highest BCUT2D eigenvalue weighted by molar-refractivity contribution is 5.54. The van der Waals surface area contributed by atoms with Crippen molar-refractivity contribution in [1.29, 1.82) is 0 Å². The van der Waals surface area contributed by atoms with E-state index in [1.54, 1.807) is 0 Å². The van der Waals surface area contributed by atoms with Gasteiger partial charge in [-0.15, -0.1) is 0 Å². The van der Waals surface area contributed by atoms with Gasteiger partial charge in [0.2, 0.25) is 0 Å². The standard InChI is InChI=1S/C17H29NO2/c1-16(2,3)14-9-7-8-10-15(14)18-11-13(19)12-20-17(4,5)6/h7-10,13,18-19H,11-12H2,1-6H3. The van der Waals surface area contributed by atoms with Gasteiger partial charge in [0.1, 0.15) is 0 Å². The Bertz CT molecular complexity index is 416. The Labute approximate surface area is 123 Å². The van der Waals surface area contributed by atoms with Crippen molar-refractivity contribution in [3.63, 3.8) is 0 Å². The van der Waals surface area contributed by atoms with Crippen LogP contribution in [0.25, 0.3) is 0 Å². The summed E-state index contributed by atoms with van der Waals surface area (Å²) >= 11 is 0. The van der Waals surface area contributed by atoms with Crippen molar-refractivity contribution in [1.82, 2.24) is 0 Å². The third-order valence-corrected chi connectivity index (χ3v) is 2.97. The number of hydrogen-bond acceptors (Lipinski definition) is 3. The largest absolute Gasteiger partial charge is 0.389 e. The molecule has 0 aromatic heterocycles. The molecule has 1 atom stereocenters. The lowest BCUT2D eigenvalue weighted by atomic mass is 9.86. The van der Waals surface area contributed by atoms with Crippen molar-refractivity contribution in [3.8, 4) is 0 Å². The molecule has 0 saturated carbocycles. The van der Waals surface area contributed by atoms with Crippen LogP contribution in [0, 0.1) is 0 Å². The van der Waals surface area contributed by atoms with Gasteiger partial charge < -0.3 is 15.2 Å². The lowest BCUT2D eigenvalue weighted by Gasteiger charge is -2.25. The van der Waals surface area contributed by atoms with Crippen molar-refractivity contribution in [2.75, 3.05) is 18.5 Å². The number of ether oxygens (including phenoxy) is 1. The summed E-state index contributed by atoms with van der Waals surface area (Å²) in [5.41, 5.74) is 2.19. The highest BCUT2D eigenvalue weighted by atomic mass is 16.5. The molecule has 0 amide bonds. The zero-order chi connectivity index (χ0) is 15.4. The summed E-state index contributed by atoms with van der Waals surface area (Å²) in [6.07, 6.45) is -0.512. The molecule has 1 aromatic carbocycles. The molecule has 0 aliphatic carbocycles. The first-order valence-corrected chi connectivity index (χ1v) is 7.25. The van der Waals surface area contributed by atoms with E-state index in [4.69, 9.17) is 4.74 Å². The van der Waals surface area contributed by atoms with Crippen LogP contribution in [0.15, 0.2) is 24.3 Å². The fraction of sp³-hybridized carbons (Fsp3) is 0.647. The van der Waals surface area contributed by atoms with Gasteiger partial charge in [0, 0.05) is 12.2 Å². The summed E-state index contributed by atoms with van der Waals surface area (Å²) in [5.74, 6) is 0. The number of aliphatic hydroxyl groups excluding tert-OH is 1. The van der Waals surface area contributed by atoms with E-state index in [2.05, 4.69) is 38.2 Å². The number of rotatable bonds is 5. The SMILES string of the molecule is CC(C)(C)OCC(O)CNc1ccccc1C(C)(C)C. The molecule has 20 heavy (non-hydrogen) atoms. The molecule has 0 radical (unpaired) electrons. The number of nitrogens with one attached hydrogen (secondary N) is 1. The molecule has 0 heterocycles. The van der Waals surface area contributed by atoms with Crippen LogP contribution in [0.2, 0.25) is 0 Å². The first-order chi connectivity index (χ1) is 9.09. The third kappa shape index (κ3) is 5.93. The molecule has 0 aliphatic rings. The van der Waals surface area contributed by atoms with Gasteiger partial charge in [-0.1, -0.05) is 39.0 Å². The van der Waals surface area contributed by atoms with Crippen molar-refractivity contribution >= 4 is 5.69 Å². The zero-order valence-corrected chi connectivity index (χ0v) is 13.7. The summed E-state index contributed by atoms with van der Waals surface area (Å²) in [7, 11) is 0. The Morgan fingerprint density at radius 2 is 1.70 bits per heavy atom. The second-order valence-electron chi connectivity index (χ2n) is 7.25. The van der Waals surface area contributed by atoms with Crippen LogP contribution >= 0.6 is 0 Å². The van der Waals surface area contributed by atoms with E-state index in [1.165, 1.54) is 5.56 Å². The van der Waals surface area contributed by atoms with Crippen LogP contribution in [0.4, 0.5) is 5.69 Å². The molecular formula is C17H29NO2. The van der Waals surface area contributed by atoms with Crippen molar-refractivity contribution < 1.29 is 9.84 Å². The monoisotopic (exact) mass is 279 g/mol. The van der Waals surface area contributed by atoms with Gasteiger partial charge >= 0.3 is 0 Å². The van der Waals surface area contributed by atoms with Gasteiger partial charge in [-0.2, -0.15) is 0 Å². The van der Waals surface area contributed by atoms with E-state index in [-0.39, 0.29) is 11.0 Å². The highest BCUT2D eigenvalue weighted by Crippen LogP contribution is 2.29. The minimum atomic E-state index is -0.512. The maximum atomic E-state index is 9.98.